The van der Waals surface area contributed by atoms with Crippen LogP contribution in [-0.2, 0) is 16.4 Å². The zero-order valence-electron chi connectivity index (χ0n) is 12.4. The van der Waals surface area contributed by atoms with Crippen LogP contribution in [0.15, 0.2) is 12.4 Å². The number of thioether (sulfide) groups is 1. The first-order valence-corrected chi connectivity index (χ1v) is 10.0. The number of hydrogen-bond acceptors (Lipinski definition) is 7. The number of rotatable bonds is 6. The van der Waals surface area contributed by atoms with E-state index in [2.05, 4.69) is 15.3 Å². The second-order valence-corrected chi connectivity index (χ2v) is 8.42. The van der Waals surface area contributed by atoms with Gasteiger partial charge in [-0.2, -0.15) is 11.8 Å². The highest BCUT2D eigenvalue weighted by Gasteiger charge is 2.33. The Hall–Kier alpha value is -0.860. The molecule has 0 bridgehead atoms. The maximum absolute atomic E-state index is 12.3. The van der Waals surface area contributed by atoms with Crippen LogP contribution >= 0.6 is 11.8 Å². The van der Waals surface area contributed by atoms with Crippen molar-refractivity contribution in [2.45, 2.75) is 25.8 Å². The topological polar surface area (TPSA) is 75.2 Å². The largest absolute Gasteiger partial charge is 0.337 e. The molecule has 0 spiro atoms. The summed E-state index contributed by atoms with van der Waals surface area (Å²) in [4.78, 5) is 10.7. The molecule has 8 heteroatoms. The van der Waals surface area contributed by atoms with Gasteiger partial charge in [0, 0.05) is 36.5 Å². The molecule has 0 saturated carbocycles. The molecule has 1 saturated heterocycles. The molecule has 2 rings (SSSR count). The zero-order valence-corrected chi connectivity index (χ0v) is 14.1. The first kappa shape index (κ1) is 16.5. The minimum absolute atomic E-state index is 0.152. The second-order valence-electron chi connectivity index (χ2n) is 4.82. The van der Waals surface area contributed by atoms with E-state index in [1.807, 2.05) is 11.8 Å². The van der Waals surface area contributed by atoms with E-state index in [-0.39, 0.29) is 5.75 Å². The standard InChI is InChI=1S/C13H22N4O2S2/c1-3-14-7-11-8-15-9-12(16-11)17-5-6-20-10-13(17)21(18,19)4-2/h8-9,13-14H,3-7,10H2,1-2H3. The van der Waals surface area contributed by atoms with Crippen LogP contribution in [0.4, 0.5) is 5.82 Å². The van der Waals surface area contributed by atoms with Crippen molar-refractivity contribution < 1.29 is 8.42 Å². The molecule has 21 heavy (non-hydrogen) atoms. The van der Waals surface area contributed by atoms with Crippen molar-refractivity contribution in [2.24, 2.45) is 0 Å². The molecule has 1 aliphatic heterocycles. The van der Waals surface area contributed by atoms with Crippen LogP contribution in [0, 0.1) is 0 Å². The van der Waals surface area contributed by atoms with Crippen LogP contribution in [0.1, 0.15) is 19.5 Å². The maximum Gasteiger partial charge on any atom is 0.171 e. The molecule has 1 aliphatic rings. The van der Waals surface area contributed by atoms with Gasteiger partial charge in [-0.25, -0.2) is 13.4 Å². The van der Waals surface area contributed by atoms with Gasteiger partial charge in [0.15, 0.2) is 9.84 Å². The van der Waals surface area contributed by atoms with E-state index in [9.17, 15) is 8.42 Å². The first-order chi connectivity index (χ1) is 10.1. The number of anilines is 1. The van der Waals surface area contributed by atoms with Gasteiger partial charge in [-0.1, -0.05) is 13.8 Å². The molecule has 0 aromatic carbocycles. The SMILES string of the molecule is CCNCc1cncc(N2CCSCC2S(=O)(=O)CC)n1. The zero-order chi connectivity index (χ0) is 15.3. The summed E-state index contributed by atoms with van der Waals surface area (Å²) < 4.78 is 24.6. The highest BCUT2D eigenvalue weighted by atomic mass is 32.2. The molecule has 6 nitrogen and oxygen atoms in total. The molecule has 1 unspecified atom stereocenters. The Bertz CT molecular complexity index is 565. The van der Waals surface area contributed by atoms with E-state index in [1.54, 1.807) is 31.1 Å². The Morgan fingerprint density at radius 3 is 2.95 bits per heavy atom. The smallest absolute Gasteiger partial charge is 0.171 e. The molecule has 0 aliphatic carbocycles. The average molecular weight is 330 g/mol. The maximum atomic E-state index is 12.3. The lowest BCUT2D eigenvalue weighted by atomic mass is 10.4. The van der Waals surface area contributed by atoms with Crippen molar-refractivity contribution in [2.75, 3.05) is 35.2 Å². The molecule has 0 amide bonds. The van der Waals surface area contributed by atoms with Gasteiger partial charge >= 0.3 is 0 Å². The molecule has 118 valence electrons. The molecule has 1 atom stereocenters. The van der Waals surface area contributed by atoms with Gasteiger partial charge in [0.05, 0.1) is 11.9 Å². The summed E-state index contributed by atoms with van der Waals surface area (Å²) in [7, 11) is -3.13. The number of nitrogens with zero attached hydrogens (tertiary/aromatic N) is 3. The molecule has 1 fully saturated rings. The van der Waals surface area contributed by atoms with Crippen LogP contribution in [0.2, 0.25) is 0 Å². The summed E-state index contributed by atoms with van der Waals surface area (Å²) in [5.74, 6) is 2.32. The van der Waals surface area contributed by atoms with Crippen molar-refractivity contribution in [3.05, 3.63) is 18.1 Å². The average Bonchev–Trinajstić information content (AvgIpc) is 2.53. The predicted octanol–water partition coefficient (Wildman–Crippen LogP) is 0.900. The molecule has 2 heterocycles. The van der Waals surface area contributed by atoms with E-state index < -0.39 is 15.2 Å². The third kappa shape index (κ3) is 4.08. The van der Waals surface area contributed by atoms with Gasteiger partial charge in [-0.05, 0) is 6.54 Å². The molecule has 1 N–H and O–H groups in total. The fourth-order valence-corrected chi connectivity index (χ4v) is 5.18. The van der Waals surface area contributed by atoms with Crippen molar-refractivity contribution in [1.82, 2.24) is 15.3 Å². The van der Waals surface area contributed by atoms with E-state index >= 15 is 0 Å². The van der Waals surface area contributed by atoms with Crippen LogP contribution in [0.25, 0.3) is 0 Å². The van der Waals surface area contributed by atoms with Crippen LogP contribution < -0.4 is 10.2 Å². The van der Waals surface area contributed by atoms with Crippen LogP contribution in [0.5, 0.6) is 0 Å². The van der Waals surface area contributed by atoms with Gasteiger partial charge in [0.2, 0.25) is 0 Å². The normalized spacial score (nSPS) is 19.7. The molecular formula is C13H22N4O2S2. The second kappa shape index (κ2) is 7.42. The molecule has 1 aromatic heterocycles. The fraction of sp³-hybridized carbons (Fsp3) is 0.692. The summed E-state index contributed by atoms with van der Waals surface area (Å²) in [6.07, 6.45) is 3.37. The fourth-order valence-electron chi connectivity index (χ4n) is 2.20. The third-order valence-electron chi connectivity index (χ3n) is 3.42. The summed E-state index contributed by atoms with van der Waals surface area (Å²) in [5.41, 5.74) is 0.834. The monoisotopic (exact) mass is 330 g/mol. The van der Waals surface area contributed by atoms with Gasteiger partial charge < -0.3 is 10.2 Å². The lowest BCUT2D eigenvalue weighted by Gasteiger charge is -2.35. The van der Waals surface area contributed by atoms with Gasteiger partial charge in [0.1, 0.15) is 11.2 Å². The number of nitrogens with one attached hydrogen (secondary N) is 1. The summed E-state index contributed by atoms with van der Waals surface area (Å²) >= 11 is 1.68. The minimum Gasteiger partial charge on any atom is -0.337 e. The third-order valence-corrected chi connectivity index (χ3v) is 6.71. The Kier molecular flexibility index (Phi) is 5.83. The quantitative estimate of drug-likeness (QED) is 0.830. The van der Waals surface area contributed by atoms with Crippen molar-refractivity contribution in [1.29, 1.82) is 0 Å². The van der Waals surface area contributed by atoms with E-state index in [0.29, 0.717) is 24.7 Å². The molecular weight excluding hydrogens is 308 g/mol. The Morgan fingerprint density at radius 1 is 1.43 bits per heavy atom. The van der Waals surface area contributed by atoms with Crippen molar-refractivity contribution in [3.63, 3.8) is 0 Å². The number of hydrogen-bond donors (Lipinski definition) is 1. The van der Waals surface area contributed by atoms with Crippen LogP contribution in [-0.4, -0.2) is 54.1 Å². The Balaban J connectivity index is 2.25. The summed E-state index contributed by atoms with van der Waals surface area (Å²) in [6, 6.07) is 0. The lowest BCUT2D eigenvalue weighted by molar-refractivity contribution is 0.578. The van der Waals surface area contributed by atoms with E-state index in [0.717, 1.165) is 18.0 Å². The van der Waals surface area contributed by atoms with Gasteiger partial charge in [-0.3, -0.25) is 4.98 Å². The van der Waals surface area contributed by atoms with Crippen molar-refractivity contribution in [3.8, 4) is 0 Å². The minimum atomic E-state index is -3.13. The van der Waals surface area contributed by atoms with E-state index in [4.69, 9.17) is 0 Å². The van der Waals surface area contributed by atoms with Crippen LogP contribution in [0.3, 0.4) is 0 Å². The Morgan fingerprint density at radius 2 is 2.24 bits per heavy atom. The summed E-state index contributed by atoms with van der Waals surface area (Å²) in [6.45, 7) is 5.92. The molecule has 0 radical (unpaired) electrons. The van der Waals surface area contributed by atoms with E-state index in [1.165, 1.54) is 0 Å². The molecule has 1 aromatic rings. The lowest BCUT2D eigenvalue weighted by Crippen LogP contribution is -2.48. The summed E-state index contributed by atoms with van der Waals surface area (Å²) in [5, 5.41) is 2.71. The predicted molar refractivity (Wildman–Crippen MR) is 87.3 cm³/mol. The highest BCUT2D eigenvalue weighted by Crippen LogP contribution is 2.25. The highest BCUT2D eigenvalue weighted by molar-refractivity contribution is 8.01. The number of sulfone groups is 1. The number of aromatic nitrogens is 2. The Labute approximate surface area is 130 Å². The van der Waals surface area contributed by atoms with Gasteiger partial charge in [-0.15, -0.1) is 0 Å². The van der Waals surface area contributed by atoms with Crippen molar-refractivity contribution >= 4 is 27.4 Å². The first-order valence-electron chi connectivity index (χ1n) is 7.16. The van der Waals surface area contributed by atoms with Gasteiger partial charge in [0.25, 0.3) is 0 Å².